The van der Waals surface area contributed by atoms with E-state index in [2.05, 4.69) is 4.72 Å². The molecule has 0 aliphatic carbocycles. The Bertz CT molecular complexity index is 694. The minimum Gasteiger partial charge on any atom is -0.478 e. The molecule has 0 atom stereocenters. The van der Waals surface area contributed by atoms with Crippen LogP contribution in [-0.4, -0.2) is 19.5 Å². The van der Waals surface area contributed by atoms with E-state index in [1.807, 2.05) is 0 Å². The predicted molar refractivity (Wildman–Crippen MR) is 73.9 cm³/mol. The first-order valence-corrected chi connectivity index (χ1v) is 7.34. The van der Waals surface area contributed by atoms with E-state index in [9.17, 15) is 13.2 Å². The molecule has 2 N–H and O–H groups in total. The highest BCUT2D eigenvalue weighted by Crippen LogP contribution is 2.09. The van der Waals surface area contributed by atoms with Gasteiger partial charge in [-0.2, -0.15) is 0 Å². The van der Waals surface area contributed by atoms with Crippen molar-refractivity contribution in [2.24, 2.45) is 0 Å². The highest BCUT2D eigenvalue weighted by atomic mass is 32.2. The maximum absolute atomic E-state index is 12.0. The van der Waals surface area contributed by atoms with Crippen molar-refractivity contribution in [3.63, 3.8) is 0 Å². The Kier molecular flexibility index (Phi) is 4.16. The number of carboxylic acids is 1. The Balaban J connectivity index is 2.07. The van der Waals surface area contributed by atoms with Gasteiger partial charge in [0.1, 0.15) is 0 Å². The largest absolute Gasteiger partial charge is 0.478 e. The SMILES string of the molecule is O=C(O)c1ccc(CNS(=O)(=O)c2ccccc2)cc1. The first-order chi connectivity index (χ1) is 9.49. The summed E-state index contributed by atoms with van der Waals surface area (Å²) in [7, 11) is -3.55. The van der Waals surface area contributed by atoms with Crippen molar-refractivity contribution < 1.29 is 18.3 Å². The summed E-state index contributed by atoms with van der Waals surface area (Å²) in [6, 6.07) is 14.1. The summed E-state index contributed by atoms with van der Waals surface area (Å²) >= 11 is 0. The number of rotatable bonds is 5. The smallest absolute Gasteiger partial charge is 0.335 e. The van der Waals surface area contributed by atoms with Crippen LogP contribution in [0, 0.1) is 0 Å². The van der Waals surface area contributed by atoms with Gasteiger partial charge in [0.25, 0.3) is 0 Å². The van der Waals surface area contributed by atoms with Gasteiger partial charge in [-0.1, -0.05) is 30.3 Å². The third kappa shape index (κ3) is 3.43. The number of carbonyl (C=O) groups is 1. The van der Waals surface area contributed by atoms with Gasteiger partial charge in [-0.05, 0) is 29.8 Å². The third-order valence-corrected chi connectivity index (χ3v) is 4.14. The molecule has 2 rings (SSSR count). The van der Waals surface area contributed by atoms with Crippen LogP contribution >= 0.6 is 0 Å². The Morgan fingerprint density at radius 1 is 1.00 bits per heavy atom. The third-order valence-electron chi connectivity index (χ3n) is 2.72. The van der Waals surface area contributed by atoms with Gasteiger partial charge in [-0.15, -0.1) is 0 Å². The lowest BCUT2D eigenvalue weighted by atomic mass is 10.1. The average molecular weight is 291 g/mol. The molecule has 0 saturated heterocycles. The van der Waals surface area contributed by atoms with Crippen LogP contribution < -0.4 is 4.72 Å². The van der Waals surface area contributed by atoms with Gasteiger partial charge in [0.05, 0.1) is 10.5 Å². The van der Waals surface area contributed by atoms with Crippen molar-refractivity contribution in [1.29, 1.82) is 0 Å². The Morgan fingerprint density at radius 2 is 1.60 bits per heavy atom. The molecule has 0 aromatic heterocycles. The molecule has 0 bridgehead atoms. The standard InChI is InChI=1S/C14H13NO4S/c16-14(17)12-8-6-11(7-9-12)10-15-20(18,19)13-4-2-1-3-5-13/h1-9,15H,10H2,(H,16,17). The quantitative estimate of drug-likeness (QED) is 0.880. The lowest BCUT2D eigenvalue weighted by Crippen LogP contribution is -2.23. The van der Waals surface area contributed by atoms with Gasteiger partial charge in [-0.3, -0.25) is 0 Å². The molecule has 2 aromatic rings. The second kappa shape index (κ2) is 5.85. The molecule has 0 aliphatic heterocycles. The monoisotopic (exact) mass is 291 g/mol. The molecule has 0 heterocycles. The summed E-state index contributed by atoms with van der Waals surface area (Å²) in [6.45, 7) is 0.108. The summed E-state index contributed by atoms with van der Waals surface area (Å²) in [5.74, 6) is -1.01. The van der Waals surface area contributed by atoms with Crippen molar-refractivity contribution in [3.8, 4) is 0 Å². The summed E-state index contributed by atoms with van der Waals surface area (Å²) < 4.78 is 26.4. The Labute approximate surface area is 116 Å². The first-order valence-electron chi connectivity index (χ1n) is 5.86. The lowest BCUT2D eigenvalue weighted by Gasteiger charge is -2.07. The number of hydrogen-bond donors (Lipinski definition) is 2. The topological polar surface area (TPSA) is 83.5 Å². The number of sulfonamides is 1. The molecule has 20 heavy (non-hydrogen) atoms. The zero-order valence-corrected chi connectivity index (χ0v) is 11.3. The number of aromatic carboxylic acids is 1. The maximum atomic E-state index is 12.0. The van der Waals surface area contributed by atoms with Crippen molar-refractivity contribution in [1.82, 2.24) is 4.72 Å². The normalized spacial score (nSPS) is 11.2. The molecular weight excluding hydrogens is 278 g/mol. The van der Waals surface area contributed by atoms with E-state index in [1.54, 1.807) is 30.3 Å². The maximum Gasteiger partial charge on any atom is 0.335 e. The second-order valence-electron chi connectivity index (χ2n) is 4.14. The van der Waals surface area contributed by atoms with Crippen LogP contribution in [0.5, 0.6) is 0 Å². The second-order valence-corrected chi connectivity index (χ2v) is 5.91. The van der Waals surface area contributed by atoms with Crippen LogP contribution in [0.4, 0.5) is 0 Å². The summed E-state index contributed by atoms with van der Waals surface area (Å²) in [5.41, 5.74) is 0.856. The van der Waals surface area contributed by atoms with Gasteiger partial charge >= 0.3 is 5.97 Å². The predicted octanol–water partition coefficient (Wildman–Crippen LogP) is 1.86. The van der Waals surface area contributed by atoms with Crippen LogP contribution in [-0.2, 0) is 16.6 Å². The van der Waals surface area contributed by atoms with Crippen LogP contribution in [0.15, 0.2) is 59.5 Å². The molecule has 5 nitrogen and oxygen atoms in total. The fourth-order valence-electron chi connectivity index (χ4n) is 1.63. The number of hydrogen-bond acceptors (Lipinski definition) is 3. The van der Waals surface area contributed by atoms with Crippen LogP contribution in [0.25, 0.3) is 0 Å². The fraction of sp³-hybridized carbons (Fsp3) is 0.0714. The van der Waals surface area contributed by atoms with Gasteiger partial charge in [-0.25, -0.2) is 17.9 Å². The molecule has 0 radical (unpaired) electrons. The van der Waals surface area contributed by atoms with Gasteiger partial charge in [0, 0.05) is 6.54 Å². The first kappa shape index (κ1) is 14.2. The Hall–Kier alpha value is -2.18. The van der Waals surface area contributed by atoms with Crippen molar-refractivity contribution >= 4 is 16.0 Å². The summed E-state index contributed by atoms with van der Waals surface area (Å²) in [6.07, 6.45) is 0. The number of carboxylic acid groups (broad SMARTS) is 1. The number of benzene rings is 2. The van der Waals surface area contributed by atoms with Crippen molar-refractivity contribution in [3.05, 3.63) is 65.7 Å². The molecule has 6 heteroatoms. The lowest BCUT2D eigenvalue weighted by molar-refractivity contribution is 0.0697. The van der Waals surface area contributed by atoms with Crippen LogP contribution in [0.1, 0.15) is 15.9 Å². The van der Waals surface area contributed by atoms with Crippen LogP contribution in [0.2, 0.25) is 0 Å². The highest BCUT2D eigenvalue weighted by molar-refractivity contribution is 7.89. The van der Waals surface area contributed by atoms with E-state index < -0.39 is 16.0 Å². The van der Waals surface area contributed by atoms with Crippen molar-refractivity contribution in [2.75, 3.05) is 0 Å². The fourth-order valence-corrected chi connectivity index (χ4v) is 2.67. The van der Waals surface area contributed by atoms with E-state index in [1.165, 1.54) is 24.3 Å². The minimum absolute atomic E-state index is 0.108. The molecule has 0 fully saturated rings. The molecule has 104 valence electrons. The Morgan fingerprint density at radius 3 is 2.15 bits per heavy atom. The van der Waals surface area contributed by atoms with E-state index >= 15 is 0 Å². The van der Waals surface area contributed by atoms with Crippen LogP contribution in [0.3, 0.4) is 0 Å². The van der Waals surface area contributed by atoms with E-state index in [4.69, 9.17) is 5.11 Å². The average Bonchev–Trinajstić information content (AvgIpc) is 2.46. The number of nitrogens with one attached hydrogen (secondary N) is 1. The molecule has 0 saturated carbocycles. The van der Waals surface area contributed by atoms with E-state index in [0.29, 0.717) is 5.56 Å². The molecule has 2 aromatic carbocycles. The summed E-state index contributed by atoms with van der Waals surface area (Å²) in [4.78, 5) is 10.9. The molecule has 0 unspecified atom stereocenters. The summed E-state index contributed by atoms with van der Waals surface area (Å²) in [5, 5.41) is 8.77. The molecular formula is C14H13NO4S. The van der Waals surface area contributed by atoms with Crippen molar-refractivity contribution in [2.45, 2.75) is 11.4 Å². The minimum atomic E-state index is -3.55. The van der Waals surface area contributed by atoms with E-state index in [0.717, 1.165) is 0 Å². The molecule has 0 aliphatic rings. The molecule has 0 amide bonds. The molecule has 0 spiro atoms. The zero-order chi connectivity index (χ0) is 14.6. The van der Waals surface area contributed by atoms with Gasteiger partial charge in [0.2, 0.25) is 10.0 Å². The van der Waals surface area contributed by atoms with Gasteiger partial charge < -0.3 is 5.11 Å². The van der Waals surface area contributed by atoms with Gasteiger partial charge in [0.15, 0.2) is 0 Å². The highest BCUT2D eigenvalue weighted by Gasteiger charge is 2.12. The van der Waals surface area contributed by atoms with E-state index in [-0.39, 0.29) is 17.0 Å². The zero-order valence-electron chi connectivity index (χ0n) is 10.5.